The number of benzene rings is 2. The van der Waals surface area contributed by atoms with Crippen LogP contribution in [0.2, 0.25) is 0 Å². The van der Waals surface area contributed by atoms with Gasteiger partial charge in [0.2, 0.25) is 0 Å². The zero-order valence-electron chi connectivity index (χ0n) is 14.9. The van der Waals surface area contributed by atoms with E-state index in [9.17, 15) is 4.79 Å². The van der Waals surface area contributed by atoms with Crippen LogP contribution in [0.25, 0.3) is 21.8 Å². The lowest BCUT2D eigenvalue weighted by Gasteiger charge is -2.25. The van der Waals surface area contributed by atoms with Crippen LogP contribution in [0.4, 0.5) is 0 Å². The lowest BCUT2D eigenvalue weighted by atomic mass is 10.1. The van der Waals surface area contributed by atoms with E-state index in [0.717, 1.165) is 37.0 Å². The molecular weight excluding hydrogens is 326 g/mol. The van der Waals surface area contributed by atoms with Gasteiger partial charge in [-0.25, -0.2) is 0 Å². The minimum absolute atomic E-state index is 0.282. The number of aliphatic imine (C=N–C) groups is 1. The van der Waals surface area contributed by atoms with Crippen LogP contribution in [-0.4, -0.2) is 29.5 Å². The lowest BCUT2D eigenvalue weighted by Crippen LogP contribution is -2.19. The Morgan fingerprint density at radius 3 is 2.65 bits per heavy atom. The molecule has 0 aliphatic carbocycles. The summed E-state index contributed by atoms with van der Waals surface area (Å²) in [7, 11) is 0. The summed E-state index contributed by atoms with van der Waals surface area (Å²) < 4.78 is 7.91. The summed E-state index contributed by atoms with van der Waals surface area (Å²) in [4.78, 5) is 16.5. The van der Waals surface area contributed by atoms with Gasteiger partial charge in [-0.05, 0) is 31.0 Å². The Kier molecular flexibility index (Phi) is 4.47. The van der Waals surface area contributed by atoms with Crippen molar-refractivity contribution in [2.45, 2.75) is 32.2 Å². The molecule has 2 aromatic carbocycles. The number of amides is 1. The molecule has 1 saturated heterocycles. The van der Waals surface area contributed by atoms with Gasteiger partial charge in [-0.3, -0.25) is 4.79 Å². The first-order valence-corrected chi connectivity index (χ1v) is 9.17. The number of hydrogen-bond donors (Lipinski definition) is 1. The molecule has 0 unspecified atom stereocenters. The summed E-state index contributed by atoms with van der Waals surface area (Å²) in [5, 5.41) is 2.38. The minimum Gasteiger partial charge on any atom is -0.387 e. The highest BCUT2D eigenvalue weighted by Crippen LogP contribution is 2.35. The fraction of sp³-hybridized carbons (Fsp3) is 0.333. The average molecular weight is 349 g/mol. The monoisotopic (exact) mass is 349 g/mol. The number of para-hydroxylation sites is 1. The topological polar surface area (TPSA) is 69.6 Å². The summed E-state index contributed by atoms with van der Waals surface area (Å²) in [6.07, 6.45) is 2.52. The van der Waals surface area contributed by atoms with Crippen LogP contribution in [-0.2, 0) is 4.74 Å². The highest BCUT2D eigenvalue weighted by Gasteiger charge is 2.21. The van der Waals surface area contributed by atoms with Gasteiger partial charge in [0.15, 0.2) is 0 Å². The van der Waals surface area contributed by atoms with E-state index in [1.54, 1.807) is 0 Å². The molecule has 1 aliphatic heterocycles. The largest absolute Gasteiger partial charge is 0.387 e. The zero-order chi connectivity index (χ0) is 18.1. The zero-order valence-corrected chi connectivity index (χ0v) is 14.9. The van der Waals surface area contributed by atoms with Crippen LogP contribution >= 0.6 is 0 Å². The van der Waals surface area contributed by atoms with Crippen LogP contribution in [0, 0.1) is 0 Å². The Bertz CT molecular complexity index is 997. The molecule has 0 saturated carbocycles. The molecule has 0 bridgehead atoms. The molecule has 5 nitrogen and oxygen atoms in total. The highest BCUT2D eigenvalue weighted by molar-refractivity contribution is 6.11. The Labute approximate surface area is 152 Å². The summed E-state index contributed by atoms with van der Waals surface area (Å²) >= 11 is 0. The van der Waals surface area contributed by atoms with Gasteiger partial charge in [-0.15, -0.1) is 0 Å². The molecule has 1 fully saturated rings. The third kappa shape index (κ3) is 2.88. The number of aromatic nitrogens is 1. The maximum atomic E-state index is 12.5. The number of carbonyl (C=O) groups excluding carboxylic acids is 1. The van der Waals surface area contributed by atoms with Crippen LogP contribution in [0.15, 0.2) is 47.5 Å². The average Bonchev–Trinajstić information content (AvgIpc) is 3.02. The Hall–Kier alpha value is -2.66. The van der Waals surface area contributed by atoms with E-state index in [-0.39, 0.29) is 5.91 Å². The first-order valence-electron chi connectivity index (χ1n) is 9.17. The third-order valence-electron chi connectivity index (χ3n) is 5.12. The Balaban J connectivity index is 1.91. The molecule has 1 aliphatic rings. The molecule has 0 spiro atoms. The molecule has 0 atom stereocenters. The predicted molar refractivity (Wildman–Crippen MR) is 105 cm³/mol. The predicted octanol–water partition coefficient (Wildman–Crippen LogP) is 4.05. The number of amidine groups is 1. The van der Waals surface area contributed by atoms with Crippen molar-refractivity contribution in [3.05, 3.63) is 48.0 Å². The van der Waals surface area contributed by atoms with Crippen molar-refractivity contribution in [2.75, 3.05) is 13.2 Å². The van der Waals surface area contributed by atoms with Crippen molar-refractivity contribution >= 4 is 33.5 Å². The normalized spacial score (nSPS) is 16.4. The van der Waals surface area contributed by atoms with Crippen molar-refractivity contribution in [3.8, 4) is 0 Å². The second kappa shape index (κ2) is 6.92. The van der Waals surface area contributed by atoms with Gasteiger partial charge in [0.25, 0.3) is 5.91 Å². The van der Waals surface area contributed by atoms with Crippen molar-refractivity contribution in [1.82, 2.24) is 4.57 Å². The highest BCUT2D eigenvalue weighted by atomic mass is 16.5. The first kappa shape index (κ1) is 16.8. The van der Waals surface area contributed by atoms with Crippen LogP contribution in [0.5, 0.6) is 0 Å². The molecule has 134 valence electrons. The summed E-state index contributed by atoms with van der Waals surface area (Å²) in [6.45, 7) is 3.43. The Morgan fingerprint density at radius 1 is 1.15 bits per heavy atom. The molecular formula is C21H23N3O2. The third-order valence-corrected chi connectivity index (χ3v) is 5.12. The van der Waals surface area contributed by atoms with Crippen molar-refractivity contribution in [2.24, 2.45) is 10.7 Å². The minimum atomic E-state index is -0.282. The second-order valence-corrected chi connectivity index (χ2v) is 6.72. The van der Waals surface area contributed by atoms with Gasteiger partial charge in [0.1, 0.15) is 5.84 Å². The van der Waals surface area contributed by atoms with Crippen LogP contribution in [0.1, 0.15) is 42.6 Å². The molecule has 26 heavy (non-hydrogen) atoms. The number of nitrogens with zero attached hydrogens (tertiary/aromatic N) is 2. The number of fused-ring (bicyclic) bond motifs is 3. The van der Waals surface area contributed by atoms with Gasteiger partial charge >= 0.3 is 0 Å². The quantitative estimate of drug-likeness (QED) is 0.573. The number of nitrogens with two attached hydrogens (primary N) is 1. The van der Waals surface area contributed by atoms with Gasteiger partial charge in [0.05, 0.1) is 5.52 Å². The molecule has 3 aromatic rings. The standard InChI is InChI=1S/C21H23N3O2/c1-2-20(22)23-21(25)14-7-8-17-16-5-3-4-6-18(16)24(19(17)13-14)15-9-11-26-12-10-15/h3-8,13,15H,2,9-12H2,1H3,(H2,22,23,25). The molecule has 4 rings (SSSR count). The molecule has 0 radical (unpaired) electrons. The van der Waals surface area contributed by atoms with E-state index >= 15 is 0 Å². The molecule has 1 amide bonds. The van der Waals surface area contributed by atoms with Gasteiger partial charge in [-0.1, -0.05) is 31.2 Å². The number of carbonyl (C=O) groups is 1. The summed E-state index contributed by atoms with van der Waals surface area (Å²) in [5.74, 6) is 0.0788. The Morgan fingerprint density at radius 2 is 1.88 bits per heavy atom. The maximum Gasteiger partial charge on any atom is 0.278 e. The number of rotatable bonds is 3. The fourth-order valence-electron chi connectivity index (χ4n) is 3.74. The maximum absolute atomic E-state index is 12.5. The fourth-order valence-corrected chi connectivity index (χ4v) is 3.74. The summed E-state index contributed by atoms with van der Waals surface area (Å²) in [6, 6.07) is 14.6. The van der Waals surface area contributed by atoms with Crippen LogP contribution < -0.4 is 5.73 Å². The van der Waals surface area contributed by atoms with E-state index in [1.165, 1.54) is 10.9 Å². The molecule has 5 heteroatoms. The van der Waals surface area contributed by atoms with E-state index < -0.39 is 0 Å². The first-order chi connectivity index (χ1) is 12.7. The SMILES string of the molecule is CCC(N)=NC(=O)c1ccc2c3ccccc3n(C3CCOCC3)c2c1. The van der Waals surface area contributed by atoms with Crippen molar-refractivity contribution in [1.29, 1.82) is 0 Å². The van der Waals surface area contributed by atoms with E-state index in [0.29, 0.717) is 23.9 Å². The van der Waals surface area contributed by atoms with E-state index in [2.05, 4.69) is 33.8 Å². The smallest absolute Gasteiger partial charge is 0.278 e. The second-order valence-electron chi connectivity index (χ2n) is 6.72. The van der Waals surface area contributed by atoms with Crippen molar-refractivity contribution < 1.29 is 9.53 Å². The number of hydrogen-bond acceptors (Lipinski definition) is 2. The van der Waals surface area contributed by atoms with E-state index in [1.807, 2.05) is 25.1 Å². The molecule has 2 N–H and O–H groups in total. The van der Waals surface area contributed by atoms with Gasteiger partial charge < -0.3 is 15.0 Å². The number of ether oxygens (including phenoxy) is 1. The van der Waals surface area contributed by atoms with Gasteiger partial charge in [0, 0.05) is 47.5 Å². The van der Waals surface area contributed by atoms with Gasteiger partial charge in [-0.2, -0.15) is 4.99 Å². The molecule has 1 aromatic heterocycles. The molecule has 2 heterocycles. The van der Waals surface area contributed by atoms with Crippen LogP contribution in [0.3, 0.4) is 0 Å². The van der Waals surface area contributed by atoms with Crippen molar-refractivity contribution in [3.63, 3.8) is 0 Å². The summed E-state index contributed by atoms with van der Waals surface area (Å²) in [5.41, 5.74) is 8.60. The lowest BCUT2D eigenvalue weighted by molar-refractivity contribution is 0.0717. The van der Waals surface area contributed by atoms with E-state index in [4.69, 9.17) is 10.5 Å².